The minimum absolute atomic E-state index is 0. The van der Waals surface area contributed by atoms with Crippen molar-refractivity contribution in [3.05, 3.63) is 0 Å². The van der Waals surface area contributed by atoms with E-state index in [0.717, 1.165) is 12.8 Å². The van der Waals surface area contributed by atoms with Gasteiger partial charge in [-0.15, -0.1) is 0 Å². The van der Waals surface area contributed by atoms with Crippen molar-refractivity contribution in [2.75, 3.05) is 0 Å². The predicted octanol–water partition coefficient (Wildman–Crippen LogP) is 0.395. The first kappa shape index (κ1) is 23.0. The van der Waals surface area contributed by atoms with Crippen molar-refractivity contribution < 1.29 is 67.5 Å². The number of carboxylic acids is 1. The largest absolute Gasteiger partial charge is 1.00 e. The van der Waals surface area contributed by atoms with Gasteiger partial charge in [-0.1, -0.05) is 58.3 Å². The molecule has 0 saturated heterocycles. The van der Waals surface area contributed by atoms with Gasteiger partial charge in [-0.25, -0.2) is 0 Å². The summed E-state index contributed by atoms with van der Waals surface area (Å²) in [7, 11) is 0. The fourth-order valence-electron chi connectivity index (χ4n) is 2.07. The molecule has 0 fully saturated rings. The van der Waals surface area contributed by atoms with Gasteiger partial charge >= 0.3 is 57.4 Å². The first-order chi connectivity index (χ1) is 9.07. The van der Waals surface area contributed by atoms with Crippen LogP contribution < -0.4 is 57.1 Å². The van der Waals surface area contributed by atoms with Gasteiger partial charge in [0.15, 0.2) is 0 Å². The zero-order valence-corrected chi connectivity index (χ0v) is 16.3. The summed E-state index contributed by atoms with van der Waals surface area (Å²) in [5.41, 5.74) is 5.31. The number of ketones is 1. The third-order valence-electron chi connectivity index (χ3n) is 3.32. The number of Topliss-reactive ketones (excluding diaryl/α,β-unsaturated/α-hetero) is 1. The van der Waals surface area contributed by atoms with Crippen molar-refractivity contribution >= 4 is 11.8 Å². The minimum atomic E-state index is -1.10. The van der Waals surface area contributed by atoms with Gasteiger partial charge in [0.05, 0.1) is 0 Å². The second kappa shape index (κ2) is 16.1. The van der Waals surface area contributed by atoms with Crippen LogP contribution in [-0.4, -0.2) is 22.9 Å². The van der Waals surface area contributed by atoms with Gasteiger partial charge in [0.25, 0.3) is 0 Å². The zero-order valence-electron chi connectivity index (χ0n) is 14.2. The molecule has 0 rings (SSSR count). The molecule has 3 N–H and O–H groups in total. The summed E-state index contributed by atoms with van der Waals surface area (Å²) in [6, 6.07) is -1.04. The molecule has 0 spiro atoms. The number of hydrogen-bond acceptors (Lipinski definition) is 3. The summed E-state index contributed by atoms with van der Waals surface area (Å²) >= 11 is 0. The van der Waals surface area contributed by atoms with E-state index in [-0.39, 0.29) is 65.0 Å². The minimum Gasteiger partial charge on any atom is -1.00 e. The molecule has 0 aliphatic carbocycles. The predicted molar refractivity (Wildman–Crippen MR) is 78.2 cm³/mol. The molecule has 0 aromatic heterocycles. The Balaban J connectivity index is -0.00000162. The average molecular weight is 312 g/mol. The summed E-state index contributed by atoms with van der Waals surface area (Å²) in [6.07, 6.45) is 11.3. The Bertz CT molecular complexity index is 265. The van der Waals surface area contributed by atoms with Gasteiger partial charge in [0.2, 0.25) is 0 Å². The van der Waals surface area contributed by atoms with Crippen molar-refractivity contribution in [3.63, 3.8) is 0 Å². The molecule has 0 aromatic rings. The Labute approximate surface area is 167 Å². The van der Waals surface area contributed by atoms with E-state index in [1.807, 2.05) is 0 Å². The Hall–Kier alpha value is 0.736. The smallest absolute Gasteiger partial charge is 1.00 e. The van der Waals surface area contributed by atoms with E-state index in [9.17, 15) is 9.59 Å². The SMILES string of the molecule is CCCCCCCCCCCC(=O)C[C@H](N)C(=O)O.[H-].[K+]. The van der Waals surface area contributed by atoms with Crippen LogP contribution in [0.3, 0.4) is 0 Å². The van der Waals surface area contributed by atoms with Gasteiger partial charge < -0.3 is 12.3 Å². The summed E-state index contributed by atoms with van der Waals surface area (Å²) in [5, 5.41) is 8.58. The second-order valence-electron chi connectivity index (χ2n) is 5.27. The molecule has 1 atom stereocenters. The number of carbonyl (C=O) groups excluding carboxylic acids is 1. The Morgan fingerprint density at radius 3 is 1.90 bits per heavy atom. The van der Waals surface area contributed by atoms with E-state index in [4.69, 9.17) is 10.8 Å². The molecule has 0 unspecified atom stereocenters. The molecule has 20 heavy (non-hydrogen) atoms. The van der Waals surface area contributed by atoms with Crippen molar-refractivity contribution in [1.82, 2.24) is 0 Å². The van der Waals surface area contributed by atoms with Crippen LogP contribution >= 0.6 is 0 Å². The number of carboxylic acid groups (broad SMARTS) is 1. The molecule has 0 saturated carbocycles. The van der Waals surface area contributed by atoms with Crippen LogP contribution in [0.1, 0.15) is 79.0 Å². The van der Waals surface area contributed by atoms with Crippen LogP contribution in [0.4, 0.5) is 0 Å². The molecular formula is C15H30KNO3. The Kier molecular flexibility index (Phi) is 18.5. The zero-order chi connectivity index (χ0) is 14.5. The van der Waals surface area contributed by atoms with E-state index in [1.54, 1.807) is 0 Å². The number of unbranched alkanes of at least 4 members (excludes halogenated alkanes) is 8. The maximum absolute atomic E-state index is 11.4. The molecule has 4 nitrogen and oxygen atoms in total. The van der Waals surface area contributed by atoms with Gasteiger partial charge in [-0.05, 0) is 6.42 Å². The number of aliphatic carboxylic acids is 1. The van der Waals surface area contributed by atoms with Crippen LogP contribution in [0.25, 0.3) is 0 Å². The van der Waals surface area contributed by atoms with Crippen LogP contribution in [0.5, 0.6) is 0 Å². The Morgan fingerprint density at radius 2 is 1.45 bits per heavy atom. The van der Waals surface area contributed by atoms with E-state index < -0.39 is 12.0 Å². The van der Waals surface area contributed by atoms with Crippen LogP contribution in [0.2, 0.25) is 0 Å². The van der Waals surface area contributed by atoms with E-state index >= 15 is 0 Å². The topological polar surface area (TPSA) is 80.4 Å². The van der Waals surface area contributed by atoms with Gasteiger partial charge in [-0.2, -0.15) is 0 Å². The van der Waals surface area contributed by atoms with Crippen molar-refractivity contribution in [3.8, 4) is 0 Å². The van der Waals surface area contributed by atoms with Gasteiger partial charge in [-0.3, -0.25) is 9.59 Å². The van der Waals surface area contributed by atoms with Crippen molar-refractivity contribution in [2.45, 2.75) is 83.6 Å². The molecule has 114 valence electrons. The van der Waals surface area contributed by atoms with E-state index in [2.05, 4.69) is 6.92 Å². The summed E-state index contributed by atoms with van der Waals surface area (Å²) in [4.78, 5) is 21.9. The molecule has 0 radical (unpaired) electrons. The van der Waals surface area contributed by atoms with E-state index in [1.165, 1.54) is 44.9 Å². The number of carbonyl (C=O) groups is 2. The second-order valence-corrected chi connectivity index (χ2v) is 5.27. The van der Waals surface area contributed by atoms with E-state index in [0.29, 0.717) is 6.42 Å². The first-order valence-electron chi connectivity index (χ1n) is 7.58. The van der Waals surface area contributed by atoms with Crippen LogP contribution in [-0.2, 0) is 9.59 Å². The van der Waals surface area contributed by atoms with Crippen molar-refractivity contribution in [2.24, 2.45) is 5.73 Å². The van der Waals surface area contributed by atoms with Gasteiger partial charge in [0, 0.05) is 12.8 Å². The Morgan fingerprint density at radius 1 is 1.00 bits per heavy atom. The van der Waals surface area contributed by atoms with Gasteiger partial charge in [0.1, 0.15) is 11.8 Å². The summed E-state index contributed by atoms with van der Waals surface area (Å²) < 4.78 is 0. The average Bonchev–Trinajstić information content (AvgIpc) is 2.36. The van der Waals surface area contributed by atoms with Crippen LogP contribution in [0.15, 0.2) is 0 Å². The summed E-state index contributed by atoms with van der Waals surface area (Å²) in [6.45, 7) is 2.22. The first-order valence-corrected chi connectivity index (χ1v) is 7.58. The van der Waals surface area contributed by atoms with Crippen molar-refractivity contribution in [1.29, 1.82) is 0 Å². The number of hydrogen-bond donors (Lipinski definition) is 2. The normalized spacial score (nSPS) is 11.7. The molecule has 0 aliphatic heterocycles. The standard InChI is InChI=1S/C15H29NO3.K.H/c1-2-3-4-5-6-7-8-9-10-11-13(17)12-14(16)15(18)19;;/h14H,2-12,16H2,1H3,(H,18,19);;/q;+1;-1/t14-;;/m0../s1. The monoisotopic (exact) mass is 311 g/mol. The van der Waals surface area contributed by atoms with Crippen LogP contribution in [0, 0.1) is 0 Å². The quantitative estimate of drug-likeness (QED) is 0.381. The third kappa shape index (κ3) is 15.1. The third-order valence-corrected chi connectivity index (χ3v) is 3.32. The maximum Gasteiger partial charge on any atom is 1.00 e. The molecule has 0 bridgehead atoms. The molecule has 0 aliphatic rings. The molecule has 0 aromatic carbocycles. The maximum atomic E-state index is 11.4. The molecule has 0 amide bonds. The molecular weight excluding hydrogens is 281 g/mol. The molecule has 0 heterocycles. The fourth-order valence-corrected chi connectivity index (χ4v) is 2.07. The number of nitrogens with two attached hydrogens (primary N) is 1. The summed E-state index contributed by atoms with van der Waals surface area (Å²) in [5.74, 6) is -1.13. The number of rotatable bonds is 13. The molecule has 5 heteroatoms. The fraction of sp³-hybridized carbons (Fsp3) is 0.867.